The van der Waals surface area contributed by atoms with Crippen LogP contribution in [0.25, 0.3) is 0 Å². The maximum Gasteiger partial charge on any atom is 0.179 e. The van der Waals surface area contributed by atoms with Crippen molar-refractivity contribution in [3.63, 3.8) is 0 Å². The number of piperidine rings is 1. The Kier molecular flexibility index (Phi) is 5.29. The van der Waals surface area contributed by atoms with Crippen molar-refractivity contribution in [1.29, 1.82) is 0 Å². The van der Waals surface area contributed by atoms with E-state index in [1.807, 2.05) is 0 Å². The largest absolute Gasteiger partial charge is 0.293 e. The highest BCUT2D eigenvalue weighted by atomic mass is 35.5. The minimum atomic E-state index is 0.0803. The number of nitrogens with zero attached hydrogens (tertiary/aromatic N) is 1. The standard InChI is InChI=1S/C14H19Cl2NOS/c1-3-10-5-4-9(2)17(7-10)8-12(18)11-6-13(15)19-14(11)16/h6,9-10H,3-5,7-8H2,1-2H3. The van der Waals surface area contributed by atoms with Crippen molar-refractivity contribution in [3.8, 4) is 0 Å². The molecule has 1 aromatic heterocycles. The Morgan fingerprint density at radius 1 is 1.47 bits per heavy atom. The SMILES string of the molecule is CCC1CCC(C)N(CC(=O)c2cc(Cl)sc2Cl)C1. The van der Waals surface area contributed by atoms with Crippen LogP contribution in [0.1, 0.15) is 43.5 Å². The van der Waals surface area contributed by atoms with Gasteiger partial charge in [0.15, 0.2) is 5.78 Å². The second kappa shape index (κ2) is 6.57. The van der Waals surface area contributed by atoms with Crippen molar-refractivity contribution < 1.29 is 4.79 Å². The zero-order chi connectivity index (χ0) is 14.0. The smallest absolute Gasteiger partial charge is 0.179 e. The van der Waals surface area contributed by atoms with Crippen molar-refractivity contribution in [3.05, 3.63) is 20.3 Å². The summed E-state index contributed by atoms with van der Waals surface area (Å²) in [5, 5.41) is 0. The van der Waals surface area contributed by atoms with Gasteiger partial charge in [0.1, 0.15) is 4.34 Å². The number of hydrogen-bond acceptors (Lipinski definition) is 3. The molecule has 19 heavy (non-hydrogen) atoms. The number of ketones is 1. The van der Waals surface area contributed by atoms with Crippen LogP contribution in [0.15, 0.2) is 6.07 Å². The van der Waals surface area contributed by atoms with Crippen molar-refractivity contribution in [2.24, 2.45) is 5.92 Å². The molecule has 1 saturated heterocycles. The second-order valence-electron chi connectivity index (χ2n) is 5.29. The summed E-state index contributed by atoms with van der Waals surface area (Å²) in [4.78, 5) is 14.6. The molecule has 1 aliphatic heterocycles. The lowest BCUT2D eigenvalue weighted by atomic mass is 9.91. The molecule has 1 aliphatic rings. The van der Waals surface area contributed by atoms with E-state index in [4.69, 9.17) is 23.2 Å². The van der Waals surface area contributed by atoms with Crippen LogP contribution in [-0.4, -0.2) is 29.8 Å². The lowest BCUT2D eigenvalue weighted by Gasteiger charge is -2.37. The molecule has 0 amide bonds. The first-order chi connectivity index (χ1) is 9.01. The van der Waals surface area contributed by atoms with Crippen LogP contribution < -0.4 is 0 Å². The predicted molar refractivity (Wildman–Crippen MR) is 82.7 cm³/mol. The van der Waals surface area contributed by atoms with E-state index in [9.17, 15) is 4.79 Å². The highest BCUT2D eigenvalue weighted by molar-refractivity contribution is 7.20. The maximum atomic E-state index is 12.3. The number of carbonyl (C=O) groups excluding carboxylic acids is 1. The van der Waals surface area contributed by atoms with E-state index in [0.29, 0.717) is 32.7 Å². The van der Waals surface area contributed by atoms with Gasteiger partial charge >= 0.3 is 0 Å². The molecular formula is C14H19Cl2NOS. The average molecular weight is 320 g/mol. The Bertz CT molecular complexity index is 460. The zero-order valence-corrected chi connectivity index (χ0v) is 13.6. The van der Waals surface area contributed by atoms with Gasteiger partial charge in [-0.15, -0.1) is 11.3 Å². The van der Waals surface area contributed by atoms with Crippen molar-refractivity contribution in [2.75, 3.05) is 13.1 Å². The summed E-state index contributed by atoms with van der Waals surface area (Å²) in [5.74, 6) is 0.794. The van der Waals surface area contributed by atoms with Gasteiger partial charge in [-0.05, 0) is 31.7 Å². The first-order valence-corrected chi connectivity index (χ1v) is 8.30. The summed E-state index contributed by atoms with van der Waals surface area (Å²) >= 11 is 13.2. The molecule has 2 heterocycles. The van der Waals surface area contributed by atoms with E-state index in [1.165, 1.54) is 30.6 Å². The molecular weight excluding hydrogens is 301 g/mol. The average Bonchev–Trinajstić information content (AvgIpc) is 2.71. The van der Waals surface area contributed by atoms with Gasteiger partial charge in [0.05, 0.1) is 16.4 Å². The van der Waals surface area contributed by atoms with Crippen LogP contribution in [0.3, 0.4) is 0 Å². The monoisotopic (exact) mass is 319 g/mol. The Morgan fingerprint density at radius 2 is 2.21 bits per heavy atom. The van der Waals surface area contributed by atoms with Crippen LogP contribution >= 0.6 is 34.5 Å². The summed E-state index contributed by atoms with van der Waals surface area (Å²) in [7, 11) is 0. The molecule has 0 saturated carbocycles. The topological polar surface area (TPSA) is 20.3 Å². The van der Waals surface area contributed by atoms with E-state index in [-0.39, 0.29) is 5.78 Å². The van der Waals surface area contributed by atoms with Crippen LogP contribution in [0.4, 0.5) is 0 Å². The molecule has 0 aromatic carbocycles. The van der Waals surface area contributed by atoms with Gasteiger partial charge in [-0.3, -0.25) is 9.69 Å². The highest BCUT2D eigenvalue weighted by Gasteiger charge is 2.27. The molecule has 2 rings (SSSR count). The van der Waals surface area contributed by atoms with E-state index in [1.54, 1.807) is 6.07 Å². The van der Waals surface area contributed by atoms with Crippen molar-refractivity contribution in [1.82, 2.24) is 4.90 Å². The number of Topliss-reactive ketones (excluding diaryl/α,β-unsaturated/α-hetero) is 1. The molecule has 0 spiro atoms. The minimum Gasteiger partial charge on any atom is -0.293 e. The van der Waals surface area contributed by atoms with E-state index >= 15 is 0 Å². The third-order valence-corrected chi connectivity index (χ3v) is 5.48. The van der Waals surface area contributed by atoms with Crippen LogP contribution in [0.5, 0.6) is 0 Å². The Morgan fingerprint density at radius 3 is 2.79 bits per heavy atom. The van der Waals surface area contributed by atoms with E-state index < -0.39 is 0 Å². The summed E-state index contributed by atoms with van der Waals surface area (Å²) in [6, 6.07) is 2.16. The molecule has 1 aromatic rings. The molecule has 106 valence electrons. The first-order valence-electron chi connectivity index (χ1n) is 6.73. The van der Waals surface area contributed by atoms with Crippen molar-refractivity contribution in [2.45, 2.75) is 39.2 Å². The lowest BCUT2D eigenvalue weighted by molar-refractivity contribution is 0.0785. The van der Waals surface area contributed by atoms with Gasteiger partial charge in [0, 0.05) is 12.6 Å². The number of thiophene rings is 1. The quantitative estimate of drug-likeness (QED) is 0.746. The van der Waals surface area contributed by atoms with Crippen molar-refractivity contribution >= 4 is 40.3 Å². The van der Waals surface area contributed by atoms with E-state index in [2.05, 4.69) is 18.7 Å². The lowest BCUT2D eigenvalue weighted by Crippen LogP contribution is -2.44. The highest BCUT2D eigenvalue weighted by Crippen LogP contribution is 2.32. The van der Waals surface area contributed by atoms with Gasteiger partial charge in [-0.1, -0.05) is 36.5 Å². The van der Waals surface area contributed by atoms with E-state index in [0.717, 1.165) is 6.54 Å². The van der Waals surface area contributed by atoms with Gasteiger partial charge in [-0.2, -0.15) is 0 Å². The summed E-state index contributed by atoms with van der Waals surface area (Å²) in [5.41, 5.74) is 0.572. The zero-order valence-electron chi connectivity index (χ0n) is 11.3. The molecule has 2 unspecified atom stereocenters. The molecule has 0 bridgehead atoms. The van der Waals surface area contributed by atoms with Gasteiger partial charge in [-0.25, -0.2) is 0 Å². The predicted octanol–water partition coefficient (Wildman–Crippen LogP) is 4.75. The summed E-state index contributed by atoms with van der Waals surface area (Å²) < 4.78 is 1.08. The molecule has 1 fully saturated rings. The normalized spacial score (nSPS) is 24.6. The molecule has 0 radical (unpaired) electrons. The fourth-order valence-electron chi connectivity index (χ4n) is 2.62. The summed E-state index contributed by atoms with van der Waals surface area (Å²) in [6.07, 6.45) is 3.62. The number of hydrogen-bond donors (Lipinski definition) is 0. The Labute approximate surface area is 128 Å². The van der Waals surface area contributed by atoms with Crippen LogP contribution in [0, 0.1) is 5.92 Å². The third kappa shape index (κ3) is 3.72. The van der Waals surface area contributed by atoms with Crippen LogP contribution in [-0.2, 0) is 0 Å². The van der Waals surface area contributed by atoms with Gasteiger partial charge < -0.3 is 0 Å². The number of carbonyl (C=O) groups is 1. The molecule has 5 heteroatoms. The second-order valence-corrected chi connectivity index (χ2v) is 7.58. The Balaban J connectivity index is 2.03. The summed E-state index contributed by atoms with van der Waals surface area (Å²) in [6.45, 7) is 5.88. The molecule has 2 nitrogen and oxygen atoms in total. The maximum absolute atomic E-state index is 12.3. The number of rotatable bonds is 4. The molecule has 0 N–H and O–H groups in total. The third-order valence-electron chi connectivity index (χ3n) is 3.99. The van der Waals surface area contributed by atoms with Gasteiger partial charge in [0.2, 0.25) is 0 Å². The first kappa shape index (κ1) is 15.3. The van der Waals surface area contributed by atoms with Crippen LogP contribution in [0.2, 0.25) is 8.67 Å². The molecule has 2 atom stereocenters. The number of halogens is 2. The number of likely N-dealkylation sites (tertiary alicyclic amines) is 1. The fourth-order valence-corrected chi connectivity index (χ4v) is 4.12. The van der Waals surface area contributed by atoms with Gasteiger partial charge in [0.25, 0.3) is 0 Å². The Hall–Kier alpha value is -0.0900. The fraction of sp³-hybridized carbons (Fsp3) is 0.643. The minimum absolute atomic E-state index is 0.0803. The molecule has 0 aliphatic carbocycles.